The van der Waals surface area contributed by atoms with Crippen LogP contribution in [0.25, 0.3) is 0 Å². The maximum absolute atomic E-state index is 13.9. The molecule has 31 heavy (non-hydrogen) atoms. The minimum absolute atomic E-state index is 0.458. The van der Waals surface area contributed by atoms with E-state index in [1.165, 1.54) is 0 Å². The molecule has 0 aliphatic carbocycles. The number of aliphatic hydroxyl groups is 2. The summed E-state index contributed by atoms with van der Waals surface area (Å²) in [4.78, 5) is 46.5. The largest absolute Gasteiger partial charge is 0.462 e. The molecule has 13 nitrogen and oxygen atoms in total. The molecule has 1 aromatic rings. The second-order valence-corrected chi connectivity index (χ2v) is 9.10. The number of hydrogen-bond donors (Lipinski definition) is 5. The van der Waals surface area contributed by atoms with Gasteiger partial charge in [0.25, 0.3) is 5.56 Å². The fraction of sp³-hybridized carbons (Fsp3) is 0.688. The number of aliphatic hydroxyl groups excluding tert-OH is 1. The monoisotopic (exact) mass is 469 g/mol. The van der Waals surface area contributed by atoms with E-state index in [-0.39, 0.29) is 0 Å². The molecule has 1 aliphatic heterocycles. The lowest BCUT2D eigenvalue weighted by atomic mass is 9.88. The van der Waals surface area contributed by atoms with Crippen LogP contribution in [0, 0.1) is 0 Å². The van der Waals surface area contributed by atoms with Crippen LogP contribution < -0.4 is 16.3 Å². The van der Waals surface area contributed by atoms with E-state index in [9.17, 15) is 38.4 Å². The van der Waals surface area contributed by atoms with Gasteiger partial charge in [-0.3, -0.25) is 23.7 Å². The third-order valence-corrected chi connectivity index (χ3v) is 5.54. The quantitative estimate of drug-likeness (QED) is 0.210. The average Bonchev–Trinajstić information content (AvgIpc) is 2.86. The molecule has 5 atom stereocenters. The van der Waals surface area contributed by atoms with Crippen LogP contribution in [0.15, 0.2) is 21.9 Å². The van der Waals surface area contributed by atoms with Crippen molar-refractivity contribution in [1.82, 2.24) is 14.6 Å². The van der Waals surface area contributed by atoms with Crippen molar-refractivity contribution >= 4 is 13.7 Å². The predicted octanol–water partition coefficient (Wildman–Crippen LogP) is -1.46. The van der Waals surface area contributed by atoms with E-state index < -0.39 is 74.4 Å². The first-order valence-corrected chi connectivity index (χ1v) is 10.7. The number of ether oxygens (including phenoxy) is 2. The van der Waals surface area contributed by atoms with E-state index in [1.807, 2.05) is 10.1 Å². The van der Waals surface area contributed by atoms with Crippen LogP contribution in [0.4, 0.5) is 4.39 Å². The lowest BCUT2D eigenvalue weighted by Gasteiger charge is -2.31. The van der Waals surface area contributed by atoms with Gasteiger partial charge in [-0.2, -0.15) is 0 Å². The Hall–Kier alpha value is -1.93. The Morgan fingerprint density at radius 1 is 1.48 bits per heavy atom. The van der Waals surface area contributed by atoms with Crippen molar-refractivity contribution in [3.05, 3.63) is 33.1 Å². The van der Waals surface area contributed by atoms with Gasteiger partial charge in [0.05, 0.1) is 12.7 Å². The molecule has 1 saturated heterocycles. The number of nitrogens with zero attached hydrogens (tertiary/aromatic N) is 1. The maximum atomic E-state index is 13.9. The molecular weight excluding hydrogens is 444 g/mol. The number of carbonyl (C=O) groups is 1. The number of carbonyl (C=O) groups excluding carboxylic acids is 1. The number of rotatable bonds is 9. The number of aromatic amines is 1. The second-order valence-electron chi connectivity index (χ2n) is 7.48. The average molecular weight is 469 g/mol. The van der Waals surface area contributed by atoms with Crippen LogP contribution in [0.2, 0.25) is 0 Å². The Kier molecular flexibility index (Phi) is 7.59. The summed E-state index contributed by atoms with van der Waals surface area (Å²) in [5.41, 5.74) is -6.34. The molecule has 0 amide bonds. The minimum atomic E-state index is -4.68. The third kappa shape index (κ3) is 5.66. The van der Waals surface area contributed by atoms with Crippen molar-refractivity contribution in [2.24, 2.45) is 0 Å². The zero-order valence-corrected chi connectivity index (χ0v) is 17.9. The fourth-order valence-corrected chi connectivity index (χ4v) is 3.81. The molecule has 2 rings (SSSR count). The van der Waals surface area contributed by atoms with Crippen molar-refractivity contribution in [2.75, 3.05) is 19.8 Å². The van der Waals surface area contributed by atoms with Gasteiger partial charge in [0, 0.05) is 12.3 Å². The van der Waals surface area contributed by atoms with E-state index in [0.717, 1.165) is 23.8 Å². The highest BCUT2D eigenvalue weighted by molar-refractivity contribution is 7.50. The number of esters is 1. The van der Waals surface area contributed by atoms with Gasteiger partial charge in [-0.15, -0.1) is 0 Å². The lowest BCUT2D eigenvalue weighted by Crippen LogP contribution is -2.53. The van der Waals surface area contributed by atoms with Gasteiger partial charge in [0.1, 0.15) is 24.9 Å². The molecule has 2 heterocycles. The third-order valence-electron chi connectivity index (χ3n) is 4.50. The zero-order valence-electron chi connectivity index (χ0n) is 17.0. The maximum Gasteiger partial charge on any atom is 0.403 e. The van der Waals surface area contributed by atoms with E-state index >= 15 is 0 Å². The van der Waals surface area contributed by atoms with Gasteiger partial charge in [-0.1, -0.05) is 0 Å². The van der Waals surface area contributed by atoms with Crippen molar-refractivity contribution in [3.8, 4) is 0 Å². The van der Waals surface area contributed by atoms with Crippen LogP contribution in [0.1, 0.15) is 27.0 Å². The molecule has 15 heteroatoms. The summed E-state index contributed by atoms with van der Waals surface area (Å²) in [5.74, 6) is -0.842. The molecule has 0 bridgehead atoms. The molecule has 1 unspecified atom stereocenters. The van der Waals surface area contributed by atoms with Gasteiger partial charge in [0.2, 0.25) is 0 Å². The Morgan fingerprint density at radius 3 is 2.68 bits per heavy atom. The minimum Gasteiger partial charge on any atom is -0.462 e. The second kappa shape index (κ2) is 9.28. The number of nitrogens with one attached hydrogen (secondary N) is 2. The number of hydrogen-bond acceptors (Lipinski definition) is 9. The molecule has 0 saturated carbocycles. The summed E-state index contributed by atoms with van der Waals surface area (Å²) in [5, 5.41) is 23.1. The number of halogens is 1. The summed E-state index contributed by atoms with van der Waals surface area (Å²) in [6.07, 6.45) is -3.17. The Labute approximate surface area is 175 Å². The summed E-state index contributed by atoms with van der Waals surface area (Å²) in [6, 6.07) is 0.946. The fourth-order valence-electron chi connectivity index (χ4n) is 2.99. The van der Waals surface area contributed by atoms with Crippen LogP contribution in [0.5, 0.6) is 0 Å². The zero-order chi connectivity index (χ0) is 23.6. The Balaban J connectivity index is 2.18. The van der Waals surface area contributed by atoms with Crippen LogP contribution >= 0.6 is 7.75 Å². The van der Waals surface area contributed by atoms with Gasteiger partial charge in [-0.25, -0.2) is 18.8 Å². The number of alkyl halides is 1. The molecule has 0 spiro atoms. The van der Waals surface area contributed by atoms with E-state index in [1.54, 1.807) is 13.8 Å². The lowest BCUT2D eigenvalue weighted by molar-refractivity contribution is -0.146. The van der Waals surface area contributed by atoms with Crippen molar-refractivity contribution in [3.63, 3.8) is 0 Å². The summed E-state index contributed by atoms with van der Waals surface area (Å²) in [7, 11) is -4.68. The molecule has 1 fully saturated rings. The summed E-state index contributed by atoms with van der Waals surface area (Å²) in [6.45, 7) is 1.00. The molecule has 0 radical (unpaired) electrons. The van der Waals surface area contributed by atoms with Crippen LogP contribution in [-0.4, -0.2) is 73.9 Å². The molecular formula is C16H25FN3O10P. The Bertz CT molecular complexity index is 963. The normalized spacial score (nSPS) is 30.3. The standard InChI is InChI=1S/C16H25FN3O10P/c1-9(2)29-11(22)6-18-31(26,27)28-8-16(7-17)12(23)15(3,25)13(30-16)20-5-4-10(21)19-14(20)24/h4-5,9,12-13,23,25H,6-8H2,1-3H3,(H2,18,26,27)(H,19,21,24)/t12-,13+,15+,16+/m0/s1. The topological polar surface area (TPSA) is 189 Å². The van der Waals surface area contributed by atoms with Gasteiger partial charge >= 0.3 is 19.4 Å². The van der Waals surface area contributed by atoms with Crippen molar-refractivity contribution in [2.45, 2.75) is 50.4 Å². The van der Waals surface area contributed by atoms with E-state index in [4.69, 9.17) is 14.0 Å². The van der Waals surface area contributed by atoms with Crippen LogP contribution in [0.3, 0.4) is 0 Å². The smallest absolute Gasteiger partial charge is 0.403 e. The first-order chi connectivity index (χ1) is 14.2. The van der Waals surface area contributed by atoms with E-state index in [2.05, 4.69) is 0 Å². The first-order valence-electron chi connectivity index (χ1n) is 9.12. The Morgan fingerprint density at radius 2 is 2.13 bits per heavy atom. The van der Waals surface area contributed by atoms with Crippen LogP contribution in [-0.2, 0) is 23.4 Å². The molecule has 5 N–H and O–H groups in total. The van der Waals surface area contributed by atoms with Gasteiger partial charge in [-0.05, 0) is 20.8 Å². The molecule has 0 aromatic carbocycles. The summed E-state index contributed by atoms with van der Waals surface area (Å²) < 4.78 is 41.8. The highest BCUT2D eigenvalue weighted by Gasteiger charge is 2.62. The highest BCUT2D eigenvalue weighted by Crippen LogP contribution is 2.47. The van der Waals surface area contributed by atoms with Gasteiger partial charge in [0.15, 0.2) is 11.8 Å². The van der Waals surface area contributed by atoms with E-state index in [0.29, 0.717) is 0 Å². The molecule has 176 valence electrons. The molecule has 1 aliphatic rings. The summed E-state index contributed by atoms with van der Waals surface area (Å²) >= 11 is 0. The highest BCUT2D eigenvalue weighted by atomic mass is 31.2. The number of aromatic nitrogens is 2. The van der Waals surface area contributed by atoms with Crippen molar-refractivity contribution < 1.29 is 42.9 Å². The SMILES string of the molecule is CC(C)OC(=O)CNP(=O)(O)OC[C@@]1(CF)O[C@@H](n2ccc(=O)[nH]c2=O)[C@](C)(O)[C@@H]1O. The molecule has 1 aromatic heterocycles. The number of H-pyrrole nitrogens is 1. The van der Waals surface area contributed by atoms with Crippen molar-refractivity contribution in [1.29, 1.82) is 0 Å². The predicted molar refractivity (Wildman–Crippen MR) is 102 cm³/mol. The first kappa shape index (κ1) is 25.3. The van der Waals surface area contributed by atoms with Gasteiger partial charge < -0.3 is 24.6 Å².